The summed E-state index contributed by atoms with van der Waals surface area (Å²) in [7, 11) is -3.77. The van der Waals surface area contributed by atoms with Crippen molar-refractivity contribution in [3.8, 4) is 11.5 Å². The fraction of sp³-hybridized carbons (Fsp3) is 0.333. The third-order valence-corrected chi connectivity index (χ3v) is 8.18. The molecule has 0 bridgehead atoms. The number of sulfone groups is 1. The lowest BCUT2D eigenvalue weighted by Gasteiger charge is -2.19. The van der Waals surface area contributed by atoms with Gasteiger partial charge in [-0.2, -0.15) is 0 Å². The zero-order valence-corrected chi connectivity index (χ0v) is 18.5. The van der Waals surface area contributed by atoms with E-state index in [1.807, 2.05) is 0 Å². The van der Waals surface area contributed by atoms with Gasteiger partial charge in [0, 0.05) is 35.2 Å². The highest BCUT2D eigenvalue weighted by Crippen LogP contribution is 2.34. The number of benzene rings is 2. The molecule has 2 aliphatic rings. The van der Waals surface area contributed by atoms with Gasteiger partial charge in [-0.25, -0.2) is 8.42 Å². The maximum absolute atomic E-state index is 13.0. The van der Waals surface area contributed by atoms with Crippen molar-refractivity contribution in [2.75, 3.05) is 29.6 Å². The van der Waals surface area contributed by atoms with Crippen LogP contribution in [0.15, 0.2) is 46.2 Å². The molecule has 31 heavy (non-hydrogen) atoms. The lowest BCUT2D eigenvalue weighted by atomic mass is 10.2. The van der Waals surface area contributed by atoms with Crippen LogP contribution in [0.3, 0.4) is 0 Å². The number of hydrogen-bond acceptors (Lipinski definition) is 7. The number of thioether (sulfide) groups is 1. The topological polar surface area (TPSA) is 111 Å². The van der Waals surface area contributed by atoms with E-state index in [0.29, 0.717) is 48.3 Å². The Balaban J connectivity index is 1.45. The summed E-state index contributed by atoms with van der Waals surface area (Å²) in [6.07, 6.45) is 0.160. The Morgan fingerprint density at radius 3 is 2.74 bits per heavy atom. The molecule has 2 heterocycles. The third-order valence-electron chi connectivity index (χ3n) is 4.97. The highest BCUT2D eigenvalue weighted by molar-refractivity contribution is 7.99. The van der Waals surface area contributed by atoms with Crippen LogP contribution in [0.5, 0.6) is 11.5 Å². The largest absolute Gasteiger partial charge is 0.486 e. The van der Waals surface area contributed by atoms with E-state index in [1.54, 1.807) is 24.3 Å². The Morgan fingerprint density at radius 2 is 1.94 bits per heavy atom. The smallest absolute Gasteiger partial charge is 0.225 e. The van der Waals surface area contributed by atoms with Gasteiger partial charge in [-0.3, -0.25) is 9.59 Å². The van der Waals surface area contributed by atoms with E-state index in [9.17, 15) is 18.0 Å². The Kier molecular flexibility index (Phi) is 6.10. The van der Waals surface area contributed by atoms with Crippen LogP contribution in [0.4, 0.5) is 11.4 Å². The van der Waals surface area contributed by atoms with Gasteiger partial charge in [-0.05, 0) is 37.3 Å². The molecule has 0 saturated heterocycles. The Hall–Kier alpha value is -2.72. The van der Waals surface area contributed by atoms with Gasteiger partial charge >= 0.3 is 0 Å². The van der Waals surface area contributed by atoms with Crippen molar-refractivity contribution in [2.45, 2.75) is 34.8 Å². The van der Waals surface area contributed by atoms with Crippen molar-refractivity contribution in [3.63, 3.8) is 0 Å². The number of nitrogens with one attached hydrogen (secondary N) is 2. The first kappa shape index (κ1) is 21.5. The first-order chi connectivity index (χ1) is 14.8. The molecule has 2 aromatic carbocycles. The zero-order valence-electron chi connectivity index (χ0n) is 16.8. The van der Waals surface area contributed by atoms with Gasteiger partial charge in [0.25, 0.3) is 0 Å². The summed E-state index contributed by atoms with van der Waals surface area (Å²) in [5.74, 6) is 1.21. The number of fused-ring (bicyclic) bond motifs is 2. The molecule has 2 aliphatic heterocycles. The van der Waals surface area contributed by atoms with Crippen molar-refractivity contribution in [1.29, 1.82) is 0 Å². The van der Waals surface area contributed by atoms with E-state index in [-0.39, 0.29) is 17.2 Å². The summed E-state index contributed by atoms with van der Waals surface area (Å²) in [5, 5.41) is 4.51. The number of amides is 2. The molecule has 0 aliphatic carbocycles. The predicted molar refractivity (Wildman–Crippen MR) is 118 cm³/mol. The van der Waals surface area contributed by atoms with Crippen LogP contribution >= 0.6 is 11.8 Å². The molecule has 0 spiro atoms. The standard InChI is InChI=1S/C21H22N2O6S2/c1-13(10-21(25)22-14-2-4-17-18(11-14)29-8-7-28-17)31(26,27)15-3-5-19-16(12-15)23-20(24)6-9-30-19/h2-5,11-13H,6-10H2,1H3,(H,22,25)(H,23,24)/t13-/m1/s1. The summed E-state index contributed by atoms with van der Waals surface area (Å²) >= 11 is 1.50. The summed E-state index contributed by atoms with van der Waals surface area (Å²) < 4.78 is 37.0. The lowest BCUT2D eigenvalue weighted by molar-refractivity contribution is -0.116. The fourth-order valence-electron chi connectivity index (χ4n) is 3.31. The number of rotatable bonds is 5. The second-order valence-electron chi connectivity index (χ2n) is 7.27. The van der Waals surface area contributed by atoms with E-state index in [1.165, 1.54) is 30.8 Å². The van der Waals surface area contributed by atoms with E-state index in [0.717, 1.165) is 4.90 Å². The van der Waals surface area contributed by atoms with Gasteiger partial charge in [-0.1, -0.05) is 0 Å². The van der Waals surface area contributed by atoms with Crippen LogP contribution in [-0.2, 0) is 19.4 Å². The molecule has 1 atom stereocenters. The zero-order chi connectivity index (χ0) is 22.0. The van der Waals surface area contributed by atoms with Crippen LogP contribution in [0.2, 0.25) is 0 Å². The Morgan fingerprint density at radius 1 is 1.16 bits per heavy atom. The molecule has 0 fully saturated rings. The number of ether oxygens (including phenoxy) is 2. The van der Waals surface area contributed by atoms with Crippen LogP contribution in [0.25, 0.3) is 0 Å². The minimum absolute atomic E-state index is 0.0775. The number of anilines is 2. The lowest BCUT2D eigenvalue weighted by Crippen LogP contribution is -2.25. The van der Waals surface area contributed by atoms with Crippen molar-refractivity contribution in [2.24, 2.45) is 0 Å². The Bertz CT molecular complexity index is 1130. The number of hydrogen-bond donors (Lipinski definition) is 2. The molecule has 164 valence electrons. The highest BCUT2D eigenvalue weighted by Gasteiger charge is 2.27. The second-order valence-corrected chi connectivity index (χ2v) is 10.8. The maximum Gasteiger partial charge on any atom is 0.225 e. The van der Waals surface area contributed by atoms with Crippen LogP contribution in [-0.4, -0.2) is 44.4 Å². The maximum atomic E-state index is 13.0. The molecule has 0 radical (unpaired) electrons. The summed E-state index contributed by atoms with van der Waals surface area (Å²) in [6.45, 7) is 2.40. The second kappa shape index (κ2) is 8.80. The minimum Gasteiger partial charge on any atom is -0.486 e. The minimum atomic E-state index is -3.77. The molecule has 4 rings (SSSR count). The Labute approximate surface area is 184 Å². The van der Waals surface area contributed by atoms with Gasteiger partial charge in [0.1, 0.15) is 13.2 Å². The quantitative estimate of drug-likeness (QED) is 0.702. The van der Waals surface area contributed by atoms with Gasteiger partial charge in [0.05, 0.1) is 15.8 Å². The third kappa shape index (κ3) is 4.80. The molecule has 0 aromatic heterocycles. The average Bonchev–Trinajstić information content (AvgIpc) is 2.93. The first-order valence-corrected chi connectivity index (χ1v) is 12.4. The summed E-state index contributed by atoms with van der Waals surface area (Å²) in [5.41, 5.74) is 0.991. The molecular formula is C21H22N2O6S2. The highest BCUT2D eigenvalue weighted by atomic mass is 32.2. The van der Waals surface area contributed by atoms with Gasteiger partial charge in [0.2, 0.25) is 11.8 Å². The van der Waals surface area contributed by atoms with E-state index in [2.05, 4.69) is 10.6 Å². The predicted octanol–water partition coefficient (Wildman–Crippen LogP) is 3.08. The summed E-state index contributed by atoms with van der Waals surface area (Å²) in [6, 6.07) is 9.71. The van der Waals surface area contributed by atoms with Gasteiger partial charge in [0.15, 0.2) is 21.3 Å². The number of carbonyl (C=O) groups is 2. The molecule has 0 saturated carbocycles. The van der Waals surface area contributed by atoms with Crippen molar-refractivity contribution < 1.29 is 27.5 Å². The van der Waals surface area contributed by atoms with Gasteiger partial charge < -0.3 is 20.1 Å². The fourth-order valence-corrected chi connectivity index (χ4v) is 5.62. The normalized spacial score (nSPS) is 16.5. The molecule has 0 unspecified atom stereocenters. The molecule has 10 heteroatoms. The molecular weight excluding hydrogens is 440 g/mol. The monoisotopic (exact) mass is 462 g/mol. The van der Waals surface area contributed by atoms with Crippen LogP contribution < -0.4 is 20.1 Å². The van der Waals surface area contributed by atoms with Crippen LogP contribution in [0, 0.1) is 0 Å². The van der Waals surface area contributed by atoms with E-state index in [4.69, 9.17) is 9.47 Å². The average molecular weight is 463 g/mol. The molecule has 2 aromatic rings. The molecule has 2 N–H and O–H groups in total. The SMILES string of the molecule is C[C@H](CC(=O)Nc1ccc2c(c1)OCCO2)S(=O)(=O)c1ccc2c(c1)NC(=O)CCS2. The number of carbonyl (C=O) groups excluding carboxylic acids is 2. The van der Waals surface area contributed by atoms with Gasteiger partial charge in [-0.15, -0.1) is 11.8 Å². The first-order valence-electron chi connectivity index (χ1n) is 9.83. The van der Waals surface area contributed by atoms with Crippen molar-refractivity contribution >= 4 is 44.8 Å². The molecule has 2 amide bonds. The van der Waals surface area contributed by atoms with Crippen molar-refractivity contribution in [1.82, 2.24) is 0 Å². The molecule has 8 nitrogen and oxygen atoms in total. The van der Waals surface area contributed by atoms with Crippen molar-refractivity contribution in [3.05, 3.63) is 36.4 Å². The van der Waals surface area contributed by atoms with E-state index < -0.39 is 21.0 Å². The van der Waals surface area contributed by atoms with Crippen LogP contribution in [0.1, 0.15) is 19.8 Å². The summed E-state index contributed by atoms with van der Waals surface area (Å²) in [4.78, 5) is 25.2. The van der Waals surface area contributed by atoms with E-state index >= 15 is 0 Å².